The number of nitrogens with zero attached hydrogens (tertiary/aromatic N) is 1. The average molecular weight is 449 g/mol. The third kappa shape index (κ3) is 2.34. The number of hydrogen-bond acceptors (Lipinski definition) is 0. The van der Waals surface area contributed by atoms with Gasteiger partial charge in [0.1, 0.15) is 0 Å². The number of H-pyrrole nitrogens is 1. The molecule has 1 N–H and O–H groups in total. The van der Waals surface area contributed by atoms with Crippen molar-refractivity contribution >= 4 is 43.6 Å². The Balaban J connectivity index is 1.45. The van der Waals surface area contributed by atoms with E-state index >= 15 is 0 Å². The molecule has 0 saturated carbocycles. The van der Waals surface area contributed by atoms with Crippen LogP contribution in [0.4, 0.5) is 0 Å². The van der Waals surface area contributed by atoms with E-state index in [1.165, 1.54) is 71.6 Å². The van der Waals surface area contributed by atoms with Gasteiger partial charge in [-0.2, -0.15) is 0 Å². The Morgan fingerprint density at radius 2 is 1.29 bits per heavy atom. The molecule has 166 valence electrons. The number of benzene rings is 5. The minimum absolute atomic E-state index is 0.00550. The topological polar surface area (TPSA) is 20.7 Å². The summed E-state index contributed by atoms with van der Waals surface area (Å²) in [5, 5.41) is 5.13. The maximum absolute atomic E-state index is 3.79. The van der Waals surface area contributed by atoms with Gasteiger partial charge in [-0.05, 0) is 47.0 Å². The summed E-state index contributed by atoms with van der Waals surface area (Å²) >= 11 is 0. The minimum Gasteiger partial charge on any atom is -0.354 e. The molecule has 0 radical (unpaired) electrons. The molecule has 0 amide bonds. The van der Waals surface area contributed by atoms with Gasteiger partial charge in [-0.15, -0.1) is 0 Å². The van der Waals surface area contributed by atoms with Crippen molar-refractivity contribution in [3.8, 4) is 16.8 Å². The summed E-state index contributed by atoms with van der Waals surface area (Å²) in [4.78, 5) is 3.79. The minimum atomic E-state index is 0.00550. The van der Waals surface area contributed by atoms with E-state index in [1.54, 1.807) is 0 Å². The van der Waals surface area contributed by atoms with Crippen LogP contribution in [0.15, 0.2) is 103 Å². The molecule has 8 rings (SSSR count). The first-order valence-corrected chi connectivity index (χ1v) is 12.3. The molecule has 35 heavy (non-hydrogen) atoms. The molecular weight excluding hydrogens is 424 g/mol. The molecule has 0 saturated heterocycles. The lowest BCUT2D eigenvalue weighted by Gasteiger charge is -2.21. The normalized spacial score (nSPS) is 14.2. The van der Waals surface area contributed by atoms with Crippen LogP contribution in [0.25, 0.3) is 60.4 Å². The predicted octanol–water partition coefficient (Wildman–Crippen LogP) is 8.72. The highest BCUT2D eigenvalue weighted by Crippen LogP contribution is 2.51. The summed E-state index contributed by atoms with van der Waals surface area (Å²) in [6, 6.07) is 37.8. The standard InChI is InChI=1S/C33H24N2/c1-33(2)26-12-6-3-11-24(26)31-27(33)17-16-23-25-19-20(15-18-28(25)34-32(23)31)35-29-13-7-4-9-21(29)22-10-5-8-14-30(22)35/h3-19,34H,1-2H3. The molecule has 1 aliphatic carbocycles. The van der Waals surface area contributed by atoms with Gasteiger partial charge in [0, 0.05) is 43.7 Å². The monoisotopic (exact) mass is 448 g/mol. The fourth-order valence-electron chi connectivity index (χ4n) is 6.49. The van der Waals surface area contributed by atoms with Crippen LogP contribution in [0.3, 0.4) is 0 Å². The number of rotatable bonds is 1. The number of hydrogen-bond donors (Lipinski definition) is 1. The molecule has 0 unspecified atom stereocenters. The van der Waals surface area contributed by atoms with Crippen molar-refractivity contribution in [1.29, 1.82) is 0 Å². The van der Waals surface area contributed by atoms with Gasteiger partial charge in [-0.25, -0.2) is 0 Å². The third-order valence-corrected chi connectivity index (χ3v) is 8.14. The summed E-state index contributed by atoms with van der Waals surface area (Å²) in [5.74, 6) is 0. The Bertz CT molecular complexity index is 1930. The second-order valence-electron chi connectivity index (χ2n) is 10.3. The lowest BCUT2D eigenvalue weighted by molar-refractivity contribution is 0.661. The second-order valence-corrected chi connectivity index (χ2v) is 10.3. The van der Waals surface area contributed by atoms with Gasteiger partial charge in [0.15, 0.2) is 0 Å². The van der Waals surface area contributed by atoms with Crippen LogP contribution in [0, 0.1) is 0 Å². The molecular formula is C33H24N2. The summed E-state index contributed by atoms with van der Waals surface area (Å²) in [5.41, 5.74) is 11.6. The van der Waals surface area contributed by atoms with E-state index < -0.39 is 0 Å². The maximum Gasteiger partial charge on any atom is 0.0547 e. The Labute approximate surface area is 203 Å². The Morgan fingerprint density at radius 1 is 0.600 bits per heavy atom. The van der Waals surface area contributed by atoms with Crippen molar-refractivity contribution in [1.82, 2.24) is 9.55 Å². The number of aromatic amines is 1. The highest BCUT2D eigenvalue weighted by molar-refractivity contribution is 6.15. The largest absolute Gasteiger partial charge is 0.354 e. The second kappa shape index (κ2) is 6.43. The first-order valence-electron chi connectivity index (χ1n) is 12.3. The fraction of sp³-hybridized carbons (Fsp3) is 0.0909. The van der Waals surface area contributed by atoms with Crippen molar-refractivity contribution in [3.05, 3.63) is 114 Å². The fourth-order valence-corrected chi connectivity index (χ4v) is 6.49. The van der Waals surface area contributed by atoms with Crippen LogP contribution in [0.1, 0.15) is 25.0 Å². The summed E-state index contributed by atoms with van der Waals surface area (Å²) in [6.45, 7) is 4.68. The number of aromatic nitrogens is 2. The maximum atomic E-state index is 3.79. The summed E-state index contributed by atoms with van der Waals surface area (Å²) in [7, 11) is 0. The van der Waals surface area contributed by atoms with E-state index in [0.717, 1.165) is 0 Å². The zero-order chi connectivity index (χ0) is 23.3. The van der Waals surface area contributed by atoms with Gasteiger partial charge < -0.3 is 9.55 Å². The van der Waals surface area contributed by atoms with E-state index in [-0.39, 0.29) is 5.41 Å². The van der Waals surface area contributed by atoms with Crippen molar-refractivity contribution in [3.63, 3.8) is 0 Å². The predicted molar refractivity (Wildman–Crippen MR) is 148 cm³/mol. The average Bonchev–Trinajstić information content (AvgIpc) is 3.50. The number of nitrogens with one attached hydrogen (secondary N) is 1. The van der Waals surface area contributed by atoms with Crippen LogP contribution in [0.2, 0.25) is 0 Å². The molecule has 0 atom stereocenters. The highest BCUT2D eigenvalue weighted by atomic mass is 15.0. The van der Waals surface area contributed by atoms with Crippen LogP contribution in [0.5, 0.6) is 0 Å². The summed E-state index contributed by atoms with van der Waals surface area (Å²) < 4.78 is 2.40. The SMILES string of the molecule is CC1(C)c2ccccc2-c2c1ccc1c2[nH]c2ccc(-n3c4ccccc4c4ccccc43)cc21. The van der Waals surface area contributed by atoms with Crippen LogP contribution in [-0.2, 0) is 5.41 Å². The Morgan fingerprint density at radius 3 is 2.06 bits per heavy atom. The van der Waals surface area contributed by atoms with Crippen LogP contribution < -0.4 is 0 Å². The molecule has 2 heteroatoms. The Kier molecular flexibility index (Phi) is 3.50. The van der Waals surface area contributed by atoms with Gasteiger partial charge >= 0.3 is 0 Å². The molecule has 0 fully saturated rings. The number of fused-ring (bicyclic) bond motifs is 10. The number of para-hydroxylation sites is 2. The molecule has 1 aliphatic rings. The van der Waals surface area contributed by atoms with Crippen molar-refractivity contribution in [2.24, 2.45) is 0 Å². The first kappa shape index (κ1) is 19.1. The van der Waals surface area contributed by atoms with Gasteiger partial charge in [0.2, 0.25) is 0 Å². The zero-order valence-electron chi connectivity index (χ0n) is 19.8. The molecule has 7 aromatic rings. The lowest BCUT2D eigenvalue weighted by atomic mass is 9.82. The molecule has 5 aromatic carbocycles. The van der Waals surface area contributed by atoms with Crippen molar-refractivity contribution in [2.45, 2.75) is 19.3 Å². The van der Waals surface area contributed by atoms with Gasteiger partial charge in [0.05, 0.1) is 16.6 Å². The molecule has 2 aromatic heterocycles. The highest BCUT2D eigenvalue weighted by Gasteiger charge is 2.36. The van der Waals surface area contributed by atoms with Gasteiger partial charge in [0.25, 0.3) is 0 Å². The lowest BCUT2D eigenvalue weighted by Crippen LogP contribution is -2.14. The molecule has 2 heterocycles. The molecule has 0 bridgehead atoms. The van der Waals surface area contributed by atoms with E-state index in [0.29, 0.717) is 0 Å². The van der Waals surface area contributed by atoms with Crippen molar-refractivity contribution < 1.29 is 0 Å². The molecule has 0 spiro atoms. The van der Waals surface area contributed by atoms with Crippen LogP contribution in [-0.4, -0.2) is 9.55 Å². The zero-order valence-corrected chi connectivity index (χ0v) is 19.8. The Hall–Kier alpha value is -4.30. The van der Waals surface area contributed by atoms with E-state index in [2.05, 4.69) is 127 Å². The van der Waals surface area contributed by atoms with Gasteiger partial charge in [-0.3, -0.25) is 0 Å². The third-order valence-electron chi connectivity index (χ3n) is 8.14. The van der Waals surface area contributed by atoms with E-state index in [1.807, 2.05) is 0 Å². The van der Waals surface area contributed by atoms with Gasteiger partial charge in [-0.1, -0.05) is 86.6 Å². The van der Waals surface area contributed by atoms with E-state index in [9.17, 15) is 0 Å². The van der Waals surface area contributed by atoms with Crippen molar-refractivity contribution in [2.75, 3.05) is 0 Å². The quantitative estimate of drug-likeness (QED) is 0.259. The van der Waals surface area contributed by atoms with Crippen LogP contribution >= 0.6 is 0 Å². The molecule has 0 aliphatic heterocycles. The smallest absolute Gasteiger partial charge is 0.0547 e. The first-order chi connectivity index (χ1) is 17.1. The molecule has 2 nitrogen and oxygen atoms in total. The van der Waals surface area contributed by atoms with E-state index in [4.69, 9.17) is 0 Å². The summed E-state index contributed by atoms with van der Waals surface area (Å²) in [6.07, 6.45) is 0.